The maximum Gasteiger partial charge on any atom is 0.306 e. The molecular weight excluding hydrogens is 178 g/mol. The van der Waals surface area contributed by atoms with Gasteiger partial charge in [-0.05, 0) is 11.6 Å². The molecule has 0 amide bonds. The summed E-state index contributed by atoms with van der Waals surface area (Å²) in [6.45, 7) is 4.00. The number of ether oxygens (including phenoxy) is 1. The molecule has 0 aliphatic rings. The number of rotatable bonds is 3. The third-order valence-corrected chi connectivity index (χ3v) is 2.26. The summed E-state index contributed by atoms with van der Waals surface area (Å²) in [4.78, 5) is 15.2. The molecule has 1 heterocycles. The van der Waals surface area contributed by atoms with Gasteiger partial charge in [0.25, 0.3) is 0 Å². The van der Waals surface area contributed by atoms with Gasteiger partial charge in [0, 0.05) is 17.8 Å². The van der Waals surface area contributed by atoms with Crippen LogP contribution in [0, 0.1) is 0 Å². The van der Waals surface area contributed by atoms with Crippen molar-refractivity contribution in [3.63, 3.8) is 0 Å². The van der Waals surface area contributed by atoms with E-state index < -0.39 is 0 Å². The lowest BCUT2D eigenvalue weighted by Gasteiger charge is -2.22. The van der Waals surface area contributed by atoms with Gasteiger partial charge in [0.1, 0.15) is 0 Å². The van der Waals surface area contributed by atoms with E-state index in [1.54, 1.807) is 12.4 Å². The lowest BCUT2D eigenvalue weighted by Crippen LogP contribution is -2.22. The summed E-state index contributed by atoms with van der Waals surface area (Å²) in [6, 6.07) is 3.84. The van der Waals surface area contributed by atoms with Crippen LogP contribution >= 0.6 is 0 Å². The summed E-state index contributed by atoms with van der Waals surface area (Å²) in [6.07, 6.45) is 3.87. The smallest absolute Gasteiger partial charge is 0.306 e. The minimum absolute atomic E-state index is 0.196. The Morgan fingerprint density at radius 2 is 2.29 bits per heavy atom. The van der Waals surface area contributed by atoms with Crippen molar-refractivity contribution in [2.75, 3.05) is 7.11 Å². The minimum atomic E-state index is -0.221. The Morgan fingerprint density at radius 3 is 2.79 bits per heavy atom. The lowest BCUT2D eigenvalue weighted by atomic mass is 9.82. The van der Waals surface area contributed by atoms with Crippen molar-refractivity contribution >= 4 is 5.97 Å². The zero-order valence-corrected chi connectivity index (χ0v) is 8.78. The predicted molar refractivity (Wildman–Crippen MR) is 53.9 cm³/mol. The number of carbonyl (C=O) groups excluding carboxylic acids is 1. The van der Waals surface area contributed by atoms with Gasteiger partial charge in [-0.1, -0.05) is 19.9 Å². The molecule has 3 nitrogen and oxygen atoms in total. The molecule has 76 valence electrons. The van der Waals surface area contributed by atoms with E-state index in [0.717, 1.165) is 5.56 Å². The summed E-state index contributed by atoms with van der Waals surface area (Å²) >= 11 is 0. The van der Waals surface area contributed by atoms with Crippen molar-refractivity contribution in [2.24, 2.45) is 0 Å². The molecule has 0 spiro atoms. The van der Waals surface area contributed by atoms with E-state index in [4.69, 9.17) is 0 Å². The molecule has 0 saturated heterocycles. The Hall–Kier alpha value is -1.38. The number of hydrogen-bond acceptors (Lipinski definition) is 3. The molecule has 1 aromatic rings. The predicted octanol–water partition coefficient (Wildman–Crippen LogP) is 1.92. The quantitative estimate of drug-likeness (QED) is 0.688. The first-order valence-corrected chi connectivity index (χ1v) is 4.53. The molecule has 0 aliphatic heterocycles. The van der Waals surface area contributed by atoms with Gasteiger partial charge in [-0.15, -0.1) is 0 Å². The maximum atomic E-state index is 11.2. The third kappa shape index (κ3) is 2.55. The largest absolute Gasteiger partial charge is 0.469 e. The first-order valence-electron chi connectivity index (χ1n) is 4.53. The van der Waals surface area contributed by atoms with Gasteiger partial charge in [-0.3, -0.25) is 9.78 Å². The molecule has 1 aromatic heterocycles. The topological polar surface area (TPSA) is 39.2 Å². The molecule has 0 atom stereocenters. The summed E-state index contributed by atoms with van der Waals surface area (Å²) in [5.74, 6) is -0.196. The van der Waals surface area contributed by atoms with Crippen LogP contribution in [0.3, 0.4) is 0 Å². The van der Waals surface area contributed by atoms with Gasteiger partial charge >= 0.3 is 5.97 Å². The second kappa shape index (κ2) is 4.22. The lowest BCUT2D eigenvalue weighted by molar-refractivity contribution is -0.141. The molecule has 0 saturated carbocycles. The van der Waals surface area contributed by atoms with Crippen LogP contribution in [0.2, 0.25) is 0 Å². The average Bonchev–Trinajstić information content (AvgIpc) is 2.18. The van der Waals surface area contributed by atoms with Crippen LogP contribution in [0.25, 0.3) is 0 Å². The second-order valence-corrected chi connectivity index (χ2v) is 3.88. The molecule has 0 unspecified atom stereocenters. The zero-order valence-electron chi connectivity index (χ0n) is 8.78. The summed E-state index contributed by atoms with van der Waals surface area (Å²) < 4.78 is 4.65. The van der Waals surface area contributed by atoms with E-state index in [1.165, 1.54) is 7.11 Å². The van der Waals surface area contributed by atoms with E-state index in [-0.39, 0.29) is 11.4 Å². The fraction of sp³-hybridized carbons (Fsp3) is 0.455. The average molecular weight is 193 g/mol. The van der Waals surface area contributed by atoms with E-state index >= 15 is 0 Å². The fourth-order valence-corrected chi connectivity index (χ4v) is 1.30. The Balaban J connectivity index is 2.80. The van der Waals surface area contributed by atoms with Crippen LogP contribution in [0.15, 0.2) is 24.5 Å². The number of aromatic nitrogens is 1. The van der Waals surface area contributed by atoms with Crippen LogP contribution < -0.4 is 0 Å². The first kappa shape index (κ1) is 10.7. The molecule has 0 bridgehead atoms. The highest BCUT2D eigenvalue weighted by Crippen LogP contribution is 2.26. The van der Waals surface area contributed by atoms with Crippen molar-refractivity contribution in [1.82, 2.24) is 4.98 Å². The van der Waals surface area contributed by atoms with Crippen molar-refractivity contribution in [1.29, 1.82) is 0 Å². The first-order chi connectivity index (χ1) is 6.56. The standard InChI is InChI=1S/C11H15NO2/c1-11(2,7-10(13)14-3)9-5-4-6-12-8-9/h4-6,8H,7H2,1-3H3. The third-order valence-electron chi connectivity index (χ3n) is 2.26. The Bertz CT molecular complexity index is 306. The number of nitrogens with zero attached hydrogens (tertiary/aromatic N) is 1. The van der Waals surface area contributed by atoms with E-state index in [0.29, 0.717) is 6.42 Å². The molecule has 0 aromatic carbocycles. The number of esters is 1. The van der Waals surface area contributed by atoms with Crippen LogP contribution in [0.1, 0.15) is 25.8 Å². The summed E-state index contributed by atoms with van der Waals surface area (Å²) in [5.41, 5.74) is 0.826. The molecule has 1 rings (SSSR count). The van der Waals surface area contributed by atoms with Crippen LogP contribution in [-0.2, 0) is 14.9 Å². The monoisotopic (exact) mass is 193 g/mol. The van der Waals surface area contributed by atoms with Crippen LogP contribution in [-0.4, -0.2) is 18.1 Å². The van der Waals surface area contributed by atoms with Crippen molar-refractivity contribution in [3.05, 3.63) is 30.1 Å². The Labute approximate surface area is 84.1 Å². The molecule has 0 radical (unpaired) electrons. The Morgan fingerprint density at radius 1 is 1.57 bits per heavy atom. The number of methoxy groups -OCH3 is 1. The highest BCUT2D eigenvalue weighted by Gasteiger charge is 2.24. The van der Waals surface area contributed by atoms with E-state index in [2.05, 4.69) is 9.72 Å². The number of hydrogen-bond donors (Lipinski definition) is 0. The second-order valence-electron chi connectivity index (χ2n) is 3.88. The van der Waals surface area contributed by atoms with Gasteiger partial charge in [-0.25, -0.2) is 0 Å². The summed E-state index contributed by atoms with van der Waals surface area (Å²) in [7, 11) is 1.40. The number of pyridine rings is 1. The van der Waals surface area contributed by atoms with Crippen LogP contribution in [0.4, 0.5) is 0 Å². The molecule has 3 heteroatoms. The highest BCUT2D eigenvalue weighted by atomic mass is 16.5. The highest BCUT2D eigenvalue weighted by molar-refractivity contribution is 5.71. The molecule has 0 fully saturated rings. The van der Waals surface area contributed by atoms with E-state index in [1.807, 2.05) is 26.0 Å². The van der Waals surface area contributed by atoms with Gasteiger partial charge < -0.3 is 4.74 Å². The van der Waals surface area contributed by atoms with Gasteiger partial charge in [0.05, 0.1) is 13.5 Å². The Kier molecular flexibility index (Phi) is 3.23. The van der Waals surface area contributed by atoms with Gasteiger partial charge in [-0.2, -0.15) is 0 Å². The fourth-order valence-electron chi connectivity index (χ4n) is 1.30. The van der Waals surface area contributed by atoms with Crippen LogP contribution in [0.5, 0.6) is 0 Å². The van der Waals surface area contributed by atoms with Crippen molar-refractivity contribution in [3.8, 4) is 0 Å². The molecule has 0 N–H and O–H groups in total. The van der Waals surface area contributed by atoms with E-state index in [9.17, 15) is 4.79 Å². The summed E-state index contributed by atoms with van der Waals surface area (Å²) in [5, 5.41) is 0. The normalized spacial score (nSPS) is 11.1. The van der Waals surface area contributed by atoms with Gasteiger partial charge in [0.15, 0.2) is 0 Å². The van der Waals surface area contributed by atoms with Crippen molar-refractivity contribution in [2.45, 2.75) is 25.7 Å². The SMILES string of the molecule is COC(=O)CC(C)(C)c1cccnc1. The zero-order chi connectivity index (χ0) is 10.6. The maximum absolute atomic E-state index is 11.2. The molecular formula is C11H15NO2. The minimum Gasteiger partial charge on any atom is -0.469 e. The molecule has 0 aliphatic carbocycles. The van der Waals surface area contributed by atoms with Crippen molar-refractivity contribution < 1.29 is 9.53 Å². The molecule has 14 heavy (non-hydrogen) atoms. The number of carbonyl (C=O) groups is 1. The van der Waals surface area contributed by atoms with Gasteiger partial charge in [0.2, 0.25) is 0 Å².